The maximum atomic E-state index is 12.9. The number of hydrogen-bond donors (Lipinski definition) is 1. The van der Waals surface area contributed by atoms with Gasteiger partial charge < -0.3 is 4.98 Å². The summed E-state index contributed by atoms with van der Waals surface area (Å²) in [5.74, 6) is 0. The minimum Gasteiger partial charge on any atom is -0.358 e. The number of pyridine rings is 1. The molecule has 0 atom stereocenters. The Bertz CT molecular complexity index is 912. The molecule has 23 heavy (non-hydrogen) atoms. The predicted octanol–water partition coefficient (Wildman–Crippen LogP) is 3.39. The van der Waals surface area contributed by atoms with E-state index in [1.54, 1.807) is 0 Å². The van der Waals surface area contributed by atoms with Gasteiger partial charge in [0, 0.05) is 48.2 Å². The van der Waals surface area contributed by atoms with E-state index in [0.717, 1.165) is 53.8 Å². The summed E-state index contributed by atoms with van der Waals surface area (Å²) in [5, 5.41) is 0.810. The molecule has 116 valence electrons. The van der Waals surface area contributed by atoms with Gasteiger partial charge in [-0.2, -0.15) is 0 Å². The van der Waals surface area contributed by atoms with Crippen molar-refractivity contribution in [3.8, 4) is 0 Å². The zero-order valence-corrected chi connectivity index (χ0v) is 13.3. The number of H-pyrrole nitrogens is 1. The van der Waals surface area contributed by atoms with Crippen molar-refractivity contribution in [2.24, 2.45) is 0 Å². The van der Waals surface area contributed by atoms with E-state index in [4.69, 9.17) is 0 Å². The van der Waals surface area contributed by atoms with Gasteiger partial charge in [-0.1, -0.05) is 42.0 Å². The minimum absolute atomic E-state index is 0.190. The quantitative estimate of drug-likeness (QED) is 0.788. The molecule has 3 nitrogen and oxygen atoms in total. The fraction of sp³-hybridized carbons (Fsp3) is 0.250. The molecule has 0 spiro atoms. The molecule has 0 amide bonds. The molecule has 0 saturated heterocycles. The van der Waals surface area contributed by atoms with Crippen LogP contribution in [0.5, 0.6) is 0 Å². The van der Waals surface area contributed by atoms with Gasteiger partial charge in [0.25, 0.3) is 0 Å². The first-order valence-electron chi connectivity index (χ1n) is 8.11. The molecule has 3 aromatic rings. The molecule has 0 fully saturated rings. The number of benzene rings is 2. The fourth-order valence-electron chi connectivity index (χ4n) is 3.42. The number of nitrogens with zero attached hydrogens (tertiary/aromatic N) is 1. The van der Waals surface area contributed by atoms with E-state index in [9.17, 15) is 4.79 Å². The number of nitrogens with one attached hydrogen (secondary N) is 1. The van der Waals surface area contributed by atoms with Crippen molar-refractivity contribution < 1.29 is 0 Å². The highest BCUT2D eigenvalue weighted by atomic mass is 16.1. The number of aromatic nitrogens is 1. The molecule has 3 heteroatoms. The van der Waals surface area contributed by atoms with Gasteiger partial charge in [-0.15, -0.1) is 0 Å². The van der Waals surface area contributed by atoms with Crippen LogP contribution in [0.15, 0.2) is 53.3 Å². The molecule has 1 aliphatic heterocycles. The average Bonchev–Trinajstić information content (AvgIpc) is 2.57. The normalized spacial score (nSPS) is 14.8. The molecular formula is C20H20N2O. The summed E-state index contributed by atoms with van der Waals surface area (Å²) in [6, 6.07) is 16.5. The Balaban J connectivity index is 1.70. The first kappa shape index (κ1) is 14.2. The largest absolute Gasteiger partial charge is 0.358 e. The number of aryl methyl sites for hydroxylation is 1. The Labute approximate surface area is 135 Å². The van der Waals surface area contributed by atoms with Gasteiger partial charge in [-0.25, -0.2) is 0 Å². The third-order valence-corrected chi connectivity index (χ3v) is 4.65. The van der Waals surface area contributed by atoms with Crippen LogP contribution in [0.25, 0.3) is 10.9 Å². The van der Waals surface area contributed by atoms with E-state index in [1.165, 1.54) is 5.56 Å². The number of aromatic amines is 1. The molecule has 1 aliphatic rings. The molecular weight excluding hydrogens is 284 g/mol. The number of fused-ring (bicyclic) bond motifs is 2. The van der Waals surface area contributed by atoms with Gasteiger partial charge in [0.05, 0.1) is 0 Å². The van der Waals surface area contributed by atoms with E-state index in [2.05, 4.69) is 40.2 Å². The lowest BCUT2D eigenvalue weighted by Crippen LogP contribution is -2.34. The van der Waals surface area contributed by atoms with Crippen molar-refractivity contribution in [2.75, 3.05) is 6.54 Å². The summed E-state index contributed by atoms with van der Waals surface area (Å²) >= 11 is 0. The first-order chi connectivity index (χ1) is 11.2. The van der Waals surface area contributed by atoms with Gasteiger partial charge in [0.2, 0.25) is 0 Å². The topological polar surface area (TPSA) is 36.1 Å². The second-order valence-electron chi connectivity index (χ2n) is 6.41. The second kappa shape index (κ2) is 5.67. The van der Waals surface area contributed by atoms with Crippen LogP contribution in [-0.4, -0.2) is 16.4 Å². The zero-order chi connectivity index (χ0) is 15.8. The monoisotopic (exact) mass is 304 g/mol. The number of hydrogen-bond acceptors (Lipinski definition) is 2. The van der Waals surface area contributed by atoms with E-state index in [0.29, 0.717) is 0 Å². The van der Waals surface area contributed by atoms with Crippen LogP contribution >= 0.6 is 0 Å². The lowest BCUT2D eigenvalue weighted by Gasteiger charge is -2.28. The highest BCUT2D eigenvalue weighted by Gasteiger charge is 2.20. The summed E-state index contributed by atoms with van der Waals surface area (Å²) in [4.78, 5) is 18.7. The van der Waals surface area contributed by atoms with Crippen molar-refractivity contribution in [1.82, 2.24) is 9.88 Å². The van der Waals surface area contributed by atoms with Crippen molar-refractivity contribution in [3.63, 3.8) is 0 Å². The third kappa shape index (κ3) is 2.68. The smallest absolute Gasteiger partial charge is 0.194 e. The minimum atomic E-state index is 0.190. The highest BCUT2D eigenvalue weighted by Crippen LogP contribution is 2.20. The predicted molar refractivity (Wildman–Crippen MR) is 93.6 cm³/mol. The zero-order valence-electron chi connectivity index (χ0n) is 13.3. The SMILES string of the molecule is Cc1ccc2[nH]c3c(c(=O)c2c1)CN(Cc1ccccc1)CC3. The van der Waals surface area contributed by atoms with E-state index in [1.807, 2.05) is 25.1 Å². The van der Waals surface area contributed by atoms with Crippen LogP contribution in [0.4, 0.5) is 0 Å². The Morgan fingerprint density at radius 3 is 2.78 bits per heavy atom. The first-order valence-corrected chi connectivity index (χ1v) is 8.11. The van der Waals surface area contributed by atoms with E-state index >= 15 is 0 Å². The lowest BCUT2D eigenvalue weighted by molar-refractivity contribution is 0.243. The molecule has 0 unspecified atom stereocenters. The molecule has 1 aromatic heterocycles. The summed E-state index contributed by atoms with van der Waals surface area (Å²) in [7, 11) is 0. The van der Waals surface area contributed by atoms with Gasteiger partial charge >= 0.3 is 0 Å². The molecule has 2 heterocycles. The van der Waals surface area contributed by atoms with Gasteiger partial charge in [0.1, 0.15) is 0 Å². The lowest BCUT2D eigenvalue weighted by atomic mass is 10.0. The summed E-state index contributed by atoms with van der Waals surface area (Å²) in [5.41, 5.74) is 5.61. The Hall–Kier alpha value is -2.39. The molecule has 4 rings (SSSR count). The Morgan fingerprint density at radius 1 is 1.13 bits per heavy atom. The van der Waals surface area contributed by atoms with Gasteiger partial charge in [0.15, 0.2) is 5.43 Å². The molecule has 0 radical (unpaired) electrons. The third-order valence-electron chi connectivity index (χ3n) is 4.65. The van der Waals surface area contributed by atoms with Crippen LogP contribution in [0.1, 0.15) is 22.4 Å². The fourth-order valence-corrected chi connectivity index (χ4v) is 3.42. The Kier molecular flexibility index (Phi) is 3.50. The van der Waals surface area contributed by atoms with Crippen molar-refractivity contribution in [3.05, 3.63) is 81.1 Å². The van der Waals surface area contributed by atoms with Crippen molar-refractivity contribution >= 4 is 10.9 Å². The van der Waals surface area contributed by atoms with Crippen molar-refractivity contribution in [2.45, 2.75) is 26.4 Å². The van der Waals surface area contributed by atoms with Gasteiger partial charge in [-0.05, 0) is 24.6 Å². The highest BCUT2D eigenvalue weighted by molar-refractivity contribution is 5.80. The summed E-state index contributed by atoms with van der Waals surface area (Å²) in [6.45, 7) is 4.63. The molecule has 0 saturated carbocycles. The second-order valence-corrected chi connectivity index (χ2v) is 6.41. The van der Waals surface area contributed by atoms with E-state index in [-0.39, 0.29) is 5.43 Å². The molecule has 0 bridgehead atoms. The molecule has 1 N–H and O–H groups in total. The Morgan fingerprint density at radius 2 is 1.96 bits per heavy atom. The van der Waals surface area contributed by atoms with Crippen molar-refractivity contribution in [1.29, 1.82) is 0 Å². The molecule has 2 aromatic carbocycles. The van der Waals surface area contributed by atoms with Crippen LogP contribution < -0.4 is 5.43 Å². The van der Waals surface area contributed by atoms with E-state index < -0.39 is 0 Å². The molecule has 0 aliphatic carbocycles. The maximum absolute atomic E-state index is 12.9. The summed E-state index contributed by atoms with van der Waals surface area (Å²) in [6.07, 6.45) is 0.904. The summed E-state index contributed by atoms with van der Waals surface area (Å²) < 4.78 is 0. The van der Waals surface area contributed by atoms with Crippen LogP contribution in [-0.2, 0) is 19.5 Å². The van der Waals surface area contributed by atoms with Crippen LogP contribution in [0.3, 0.4) is 0 Å². The maximum Gasteiger partial charge on any atom is 0.194 e. The van der Waals surface area contributed by atoms with Gasteiger partial charge in [-0.3, -0.25) is 9.69 Å². The number of rotatable bonds is 2. The van der Waals surface area contributed by atoms with Crippen LogP contribution in [0.2, 0.25) is 0 Å². The standard InChI is InChI=1S/C20H20N2O/c1-14-7-8-18-16(11-14)20(23)17-13-22(10-9-19(17)21-18)12-15-5-3-2-4-6-15/h2-8,11H,9-10,12-13H2,1H3,(H,21,23). The van der Waals surface area contributed by atoms with Crippen LogP contribution in [0, 0.1) is 6.92 Å². The average molecular weight is 304 g/mol.